The molecule has 1 aromatic heterocycles. The fourth-order valence-corrected chi connectivity index (χ4v) is 5.87. The summed E-state index contributed by atoms with van der Waals surface area (Å²) in [5.74, 6) is -0.00985. The first kappa shape index (κ1) is 33.4. The Morgan fingerprint density at radius 2 is 1.85 bits per heavy atom. The average Bonchev–Trinajstić information content (AvgIpc) is 3.71. The lowest BCUT2D eigenvalue weighted by Crippen LogP contribution is -2.46. The normalized spacial score (nSPS) is 19.7. The SMILES string of the molecule is CCOC(=O)C1(CC2CC2)CNC(=O)CCCN(C(=O)c2cccc(-n3cnnc3)c2)CCNC(=O)COc2cc(ccc2OC)C1. The van der Waals surface area contributed by atoms with Crippen LogP contribution in [0.3, 0.4) is 0 Å². The van der Waals surface area contributed by atoms with Gasteiger partial charge in [0.25, 0.3) is 11.8 Å². The Hall–Kier alpha value is -4.94. The first-order valence-corrected chi connectivity index (χ1v) is 16.0. The molecule has 1 unspecified atom stereocenters. The predicted molar refractivity (Wildman–Crippen MR) is 171 cm³/mol. The molecule has 1 atom stereocenters. The highest BCUT2D eigenvalue weighted by molar-refractivity contribution is 5.95. The first-order valence-electron chi connectivity index (χ1n) is 16.0. The number of fused-ring (bicyclic) bond motifs is 2. The molecule has 1 saturated carbocycles. The summed E-state index contributed by atoms with van der Waals surface area (Å²) >= 11 is 0. The molecule has 47 heavy (non-hydrogen) atoms. The van der Waals surface area contributed by atoms with Crippen LogP contribution in [0.5, 0.6) is 11.5 Å². The number of carbonyl (C=O) groups is 4. The molecule has 1 aliphatic carbocycles. The van der Waals surface area contributed by atoms with Crippen molar-refractivity contribution in [2.24, 2.45) is 11.3 Å². The van der Waals surface area contributed by atoms with Gasteiger partial charge < -0.3 is 29.7 Å². The second-order valence-corrected chi connectivity index (χ2v) is 12.0. The van der Waals surface area contributed by atoms with Crippen LogP contribution in [0.2, 0.25) is 0 Å². The van der Waals surface area contributed by atoms with Crippen molar-refractivity contribution < 1.29 is 33.4 Å². The Morgan fingerprint density at radius 1 is 1.04 bits per heavy atom. The van der Waals surface area contributed by atoms with E-state index < -0.39 is 5.41 Å². The van der Waals surface area contributed by atoms with Crippen LogP contribution >= 0.6 is 0 Å². The zero-order valence-electron chi connectivity index (χ0n) is 26.9. The minimum absolute atomic E-state index is 0.115. The number of ether oxygens (including phenoxy) is 3. The Morgan fingerprint density at radius 3 is 2.60 bits per heavy atom. The van der Waals surface area contributed by atoms with E-state index in [4.69, 9.17) is 14.2 Å². The van der Waals surface area contributed by atoms with Crippen molar-refractivity contribution in [2.45, 2.75) is 45.4 Å². The van der Waals surface area contributed by atoms with Crippen LogP contribution in [0.1, 0.15) is 54.9 Å². The molecule has 2 aromatic carbocycles. The van der Waals surface area contributed by atoms with Gasteiger partial charge in [-0.1, -0.05) is 25.0 Å². The molecule has 13 nitrogen and oxygen atoms in total. The Bertz CT molecular complexity index is 1560. The third-order valence-electron chi connectivity index (χ3n) is 8.47. The largest absolute Gasteiger partial charge is 0.493 e. The van der Waals surface area contributed by atoms with Gasteiger partial charge in [-0.15, -0.1) is 10.2 Å². The van der Waals surface area contributed by atoms with Crippen molar-refractivity contribution in [3.8, 4) is 17.2 Å². The lowest BCUT2D eigenvalue weighted by molar-refractivity contribution is -0.156. The Balaban J connectivity index is 1.39. The minimum atomic E-state index is -0.987. The molecule has 5 rings (SSSR count). The van der Waals surface area contributed by atoms with Gasteiger partial charge in [0.05, 0.1) is 19.1 Å². The lowest BCUT2D eigenvalue weighted by Gasteiger charge is -2.32. The molecule has 2 heterocycles. The van der Waals surface area contributed by atoms with Crippen LogP contribution in [-0.4, -0.2) is 89.9 Å². The van der Waals surface area contributed by atoms with Gasteiger partial charge in [-0.2, -0.15) is 0 Å². The maximum absolute atomic E-state index is 13.7. The fourth-order valence-electron chi connectivity index (χ4n) is 5.87. The Kier molecular flexibility index (Phi) is 11.1. The van der Waals surface area contributed by atoms with Crippen molar-refractivity contribution in [3.63, 3.8) is 0 Å². The van der Waals surface area contributed by atoms with E-state index in [0.717, 1.165) is 24.1 Å². The number of aromatic nitrogens is 3. The van der Waals surface area contributed by atoms with E-state index >= 15 is 0 Å². The van der Waals surface area contributed by atoms with E-state index in [-0.39, 0.29) is 69.5 Å². The van der Waals surface area contributed by atoms with Crippen LogP contribution in [0.15, 0.2) is 55.1 Å². The highest BCUT2D eigenvalue weighted by Crippen LogP contribution is 2.43. The zero-order chi connectivity index (χ0) is 33.2. The molecule has 2 bridgehead atoms. The van der Waals surface area contributed by atoms with Gasteiger partial charge in [0, 0.05) is 43.9 Å². The highest BCUT2D eigenvalue weighted by Gasteiger charge is 2.44. The number of benzene rings is 2. The van der Waals surface area contributed by atoms with E-state index in [1.165, 1.54) is 7.11 Å². The summed E-state index contributed by atoms with van der Waals surface area (Å²) in [6, 6.07) is 12.5. The smallest absolute Gasteiger partial charge is 0.314 e. The van der Waals surface area contributed by atoms with Gasteiger partial charge >= 0.3 is 5.97 Å². The molecular weight excluding hydrogens is 604 g/mol. The predicted octanol–water partition coefficient (Wildman–Crippen LogP) is 2.72. The van der Waals surface area contributed by atoms with Crippen molar-refractivity contribution in [3.05, 3.63) is 66.2 Å². The summed E-state index contributed by atoms with van der Waals surface area (Å²) in [6.45, 7) is 2.52. The summed E-state index contributed by atoms with van der Waals surface area (Å²) in [7, 11) is 1.51. The number of hydrogen-bond donors (Lipinski definition) is 2. The molecule has 0 radical (unpaired) electrons. The van der Waals surface area contributed by atoms with E-state index in [0.29, 0.717) is 42.2 Å². The topological polar surface area (TPSA) is 154 Å². The summed E-state index contributed by atoms with van der Waals surface area (Å²) in [5.41, 5.74) is 0.985. The van der Waals surface area contributed by atoms with Gasteiger partial charge in [-0.05, 0) is 68.0 Å². The van der Waals surface area contributed by atoms with Gasteiger partial charge in [-0.25, -0.2) is 0 Å². The molecule has 1 fully saturated rings. The van der Waals surface area contributed by atoms with Crippen LogP contribution in [0, 0.1) is 11.3 Å². The second-order valence-electron chi connectivity index (χ2n) is 12.0. The van der Waals surface area contributed by atoms with E-state index in [2.05, 4.69) is 20.8 Å². The number of carbonyl (C=O) groups excluding carboxylic acids is 4. The van der Waals surface area contributed by atoms with Crippen molar-refractivity contribution in [1.82, 2.24) is 30.3 Å². The highest BCUT2D eigenvalue weighted by atomic mass is 16.5. The molecular formula is C34H42N6O7. The lowest BCUT2D eigenvalue weighted by atomic mass is 9.76. The Labute approximate surface area is 274 Å². The average molecular weight is 647 g/mol. The van der Waals surface area contributed by atoms with Crippen molar-refractivity contribution in [2.75, 3.05) is 46.5 Å². The van der Waals surface area contributed by atoms with Crippen LogP contribution in [0.4, 0.5) is 0 Å². The zero-order valence-corrected chi connectivity index (χ0v) is 26.9. The van der Waals surface area contributed by atoms with Crippen LogP contribution in [0.25, 0.3) is 5.69 Å². The maximum Gasteiger partial charge on any atom is 0.314 e. The molecule has 0 spiro atoms. The number of hydrogen-bond acceptors (Lipinski definition) is 9. The van der Waals surface area contributed by atoms with Crippen LogP contribution in [-0.2, 0) is 25.5 Å². The van der Waals surface area contributed by atoms with Crippen LogP contribution < -0.4 is 20.1 Å². The van der Waals surface area contributed by atoms with E-state index in [1.807, 2.05) is 12.1 Å². The standard InChI is InChI=1S/C34H42N6O7/c1-3-46-33(44)34(18-24-9-10-24)19-25-11-12-28(45-2)29(16-25)47-20-31(42)35-13-15-39(14-5-8-30(41)36-21-34)32(43)26-6-4-7-27(17-26)40-22-37-38-23-40/h4,6-7,11-12,16-17,22-24H,3,5,8-10,13-15,18-21H2,1-2H3,(H,35,42)(H,36,41). The third kappa shape index (κ3) is 8.87. The molecule has 3 aromatic rings. The van der Waals surface area contributed by atoms with Crippen molar-refractivity contribution in [1.29, 1.82) is 0 Å². The molecule has 2 N–H and O–H groups in total. The quantitative estimate of drug-likeness (QED) is 0.369. The molecule has 2 aliphatic rings. The molecule has 3 amide bonds. The number of methoxy groups -OCH3 is 1. The molecule has 250 valence electrons. The molecule has 0 saturated heterocycles. The van der Waals surface area contributed by atoms with E-state index in [9.17, 15) is 19.2 Å². The second kappa shape index (κ2) is 15.6. The van der Waals surface area contributed by atoms with Gasteiger partial charge in [0.1, 0.15) is 12.7 Å². The third-order valence-corrected chi connectivity index (χ3v) is 8.47. The molecule has 1 aliphatic heterocycles. The van der Waals surface area contributed by atoms with Gasteiger partial charge in [0.15, 0.2) is 18.1 Å². The maximum atomic E-state index is 13.7. The van der Waals surface area contributed by atoms with Gasteiger partial charge in [0.2, 0.25) is 5.91 Å². The number of esters is 1. The molecule has 13 heteroatoms. The van der Waals surface area contributed by atoms with E-state index in [1.54, 1.807) is 59.4 Å². The number of rotatable bonds is 7. The fraction of sp³-hybridized carbons (Fsp3) is 0.471. The first-order chi connectivity index (χ1) is 22.8. The summed E-state index contributed by atoms with van der Waals surface area (Å²) in [4.78, 5) is 54.9. The number of nitrogens with zero attached hydrogens (tertiary/aromatic N) is 4. The number of nitrogens with one attached hydrogen (secondary N) is 2. The van der Waals surface area contributed by atoms with Gasteiger partial charge in [-0.3, -0.25) is 23.7 Å². The summed E-state index contributed by atoms with van der Waals surface area (Å²) in [6.07, 6.45) is 6.56. The summed E-state index contributed by atoms with van der Waals surface area (Å²) in [5, 5.41) is 13.5. The minimum Gasteiger partial charge on any atom is -0.493 e. The summed E-state index contributed by atoms with van der Waals surface area (Å²) < 4.78 is 18.6. The monoisotopic (exact) mass is 646 g/mol. The van der Waals surface area contributed by atoms with Crippen molar-refractivity contribution >= 4 is 23.7 Å². The number of amides is 3.